The zero-order chi connectivity index (χ0) is 33.1. The van der Waals surface area contributed by atoms with Crippen LogP contribution in [0.15, 0.2) is 133 Å². The predicted molar refractivity (Wildman–Crippen MR) is 204 cm³/mol. The van der Waals surface area contributed by atoms with Crippen LogP contribution in [0, 0.1) is 13.8 Å². The molecule has 0 amide bonds. The summed E-state index contributed by atoms with van der Waals surface area (Å²) in [6, 6.07) is 49.6. The van der Waals surface area contributed by atoms with Crippen LogP contribution in [-0.4, -0.2) is 0 Å². The van der Waals surface area contributed by atoms with Gasteiger partial charge in [0.25, 0.3) is 0 Å². The van der Waals surface area contributed by atoms with Gasteiger partial charge < -0.3 is 4.90 Å². The molecule has 0 heterocycles. The van der Waals surface area contributed by atoms with E-state index in [-0.39, 0.29) is 5.41 Å². The molecule has 47 heavy (non-hydrogen) atoms. The molecule has 236 valence electrons. The summed E-state index contributed by atoms with van der Waals surface area (Å²) in [7, 11) is 0. The summed E-state index contributed by atoms with van der Waals surface area (Å²) in [4.78, 5) is 2.37. The van der Waals surface area contributed by atoms with Crippen molar-refractivity contribution < 1.29 is 0 Å². The molecule has 0 aliphatic carbocycles. The van der Waals surface area contributed by atoms with Crippen LogP contribution < -0.4 is 4.90 Å². The Bertz CT molecular complexity index is 1970. The average Bonchev–Trinajstić information content (AvgIpc) is 3.09. The second-order valence-corrected chi connectivity index (χ2v) is 13.8. The third kappa shape index (κ3) is 6.81. The normalized spacial score (nSPS) is 11.5. The van der Waals surface area contributed by atoms with Crippen molar-refractivity contribution in [2.45, 2.75) is 66.7 Å². The van der Waals surface area contributed by atoms with Crippen molar-refractivity contribution in [2.75, 3.05) is 4.90 Å². The van der Waals surface area contributed by atoms with Crippen molar-refractivity contribution in [2.24, 2.45) is 0 Å². The molecule has 1 heteroatoms. The second kappa shape index (κ2) is 13.5. The summed E-state index contributed by atoms with van der Waals surface area (Å²) < 4.78 is 0. The van der Waals surface area contributed by atoms with Crippen LogP contribution in [0.3, 0.4) is 0 Å². The lowest BCUT2D eigenvalue weighted by atomic mass is 9.84. The van der Waals surface area contributed by atoms with E-state index in [1.165, 1.54) is 61.2 Å². The molecule has 0 N–H and O–H groups in total. The van der Waals surface area contributed by atoms with Crippen molar-refractivity contribution >= 4 is 17.1 Å². The van der Waals surface area contributed by atoms with Gasteiger partial charge in [-0.2, -0.15) is 0 Å². The Morgan fingerprint density at radius 1 is 0.468 bits per heavy atom. The van der Waals surface area contributed by atoms with E-state index in [2.05, 4.69) is 187 Å². The highest BCUT2D eigenvalue weighted by Gasteiger charge is 2.17. The fraction of sp³-hybridized carbons (Fsp3) is 0.217. The molecule has 0 saturated carbocycles. The number of hydrogen-bond donors (Lipinski definition) is 0. The molecule has 0 fully saturated rings. The van der Waals surface area contributed by atoms with E-state index in [9.17, 15) is 0 Å². The molecule has 0 radical (unpaired) electrons. The molecule has 0 bridgehead atoms. The highest BCUT2D eigenvalue weighted by atomic mass is 15.1. The fourth-order valence-electron chi connectivity index (χ4n) is 6.70. The molecule has 0 atom stereocenters. The molecule has 6 rings (SSSR count). The number of benzene rings is 6. The third-order valence-corrected chi connectivity index (χ3v) is 9.44. The summed E-state index contributed by atoms with van der Waals surface area (Å²) >= 11 is 0. The van der Waals surface area contributed by atoms with E-state index in [0.29, 0.717) is 0 Å². The minimum Gasteiger partial charge on any atom is -0.311 e. The van der Waals surface area contributed by atoms with Crippen LogP contribution in [0.25, 0.3) is 33.4 Å². The zero-order valence-corrected chi connectivity index (χ0v) is 29.1. The number of hydrogen-bond acceptors (Lipinski definition) is 1. The Kier molecular flexibility index (Phi) is 9.19. The number of nitrogens with zero attached hydrogens (tertiary/aromatic N) is 1. The molecule has 6 aromatic carbocycles. The van der Waals surface area contributed by atoms with Crippen molar-refractivity contribution in [3.05, 3.63) is 161 Å². The molecule has 0 spiro atoms. The Hall–Kier alpha value is -4.88. The molecule has 0 aromatic heterocycles. The third-order valence-electron chi connectivity index (χ3n) is 9.44. The highest BCUT2D eigenvalue weighted by molar-refractivity contribution is 5.82. The van der Waals surface area contributed by atoms with Crippen LogP contribution in [0.2, 0.25) is 0 Å². The van der Waals surface area contributed by atoms with Gasteiger partial charge in [-0.15, -0.1) is 0 Å². The fourth-order valence-corrected chi connectivity index (χ4v) is 6.70. The minimum absolute atomic E-state index is 0.134. The van der Waals surface area contributed by atoms with Gasteiger partial charge in [0, 0.05) is 17.1 Å². The van der Waals surface area contributed by atoms with E-state index < -0.39 is 0 Å². The topological polar surface area (TPSA) is 3.24 Å². The van der Waals surface area contributed by atoms with Crippen molar-refractivity contribution in [1.82, 2.24) is 0 Å². The summed E-state index contributed by atoms with van der Waals surface area (Å²) in [5, 5.41) is 0. The largest absolute Gasteiger partial charge is 0.311 e. The first-order chi connectivity index (χ1) is 22.7. The van der Waals surface area contributed by atoms with Gasteiger partial charge in [-0.3, -0.25) is 0 Å². The lowest BCUT2D eigenvalue weighted by Crippen LogP contribution is -2.11. The molecule has 0 unspecified atom stereocenters. The molecule has 1 nitrogen and oxygen atoms in total. The Balaban J connectivity index is 1.40. The first-order valence-electron chi connectivity index (χ1n) is 17.1. The molecular formula is C46H47N. The summed E-state index contributed by atoms with van der Waals surface area (Å²) in [6.07, 6.45) is 2.02. The van der Waals surface area contributed by atoms with Gasteiger partial charge in [-0.1, -0.05) is 137 Å². The lowest BCUT2D eigenvalue weighted by Gasteiger charge is -2.26. The summed E-state index contributed by atoms with van der Waals surface area (Å²) in [6.45, 7) is 15.7. The molecule has 0 aliphatic heterocycles. The summed E-state index contributed by atoms with van der Waals surface area (Å²) in [5.74, 6) is 0. The SMILES string of the molecule is CCc1ccccc1-c1ccc(N(c2ccc(-c3ccc(C)cc3C)cc2)c2ccc(-c3ccc(C(C)(C)C)cc3CC)cc2)cc1. The molecule has 0 aliphatic rings. The van der Waals surface area contributed by atoms with Gasteiger partial charge in [-0.05, 0) is 124 Å². The Labute approximate surface area is 282 Å². The Morgan fingerprint density at radius 3 is 1.43 bits per heavy atom. The van der Waals surface area contributed by atoms with E-state index in [1.54, 1.807) is 0 Å². The predicted octanol–water partition coefficient (Wildman–Crippen LogP) is 13.2. The zero-order valence-electron chi connectivity index (χ0n) is 29.1. The van der Waals surface area contributed by atoms with E-state index >= 15 is 0 Å². The van der Waals surface area contributed by atoms with Crippen LogP contribution in [0.5, 0.6) is 0 Å². The first-order valence-corrected chi connectivity index (χ1v) is 17.1. The van der Waals surface area contributed by atoms with E-state index in [4.69, 9.17) is 0 Å². The maximum atomic E-state index is 2.39. The number of rotatable bonds is 8. The number of aryl methyl sites for hydroxylation is 4. The van der Waals surface area contributed by atoms with Crippen molar-refractivity contribution in [1.29, 1.82) is 0 Å². The van der Waals surface area contributed by atoms with Crippen LogP contribution in [0.1, 0.15) is 62.4 Å². The quantitative estimate of drug-likeness (QED) is 0.165. The molecule has 6 aromatic rings. The van der Waals surface area contributed by atoms with Gasteiger partial charge in [0.1, 0.15) is 0 Å². The van der Waals surface area contributed by atoms with Crippen LogP contribution in [0.4, 0.5) is 17.1 Å². The van der Waals surface area contributed by atoms with Gasteiger partial charge in [0.2, 0.25) is 0 Å². The van der Waals surface area contributed by atoms with E-state index in [1.807, 2.05) is 0 Å². The van der Waals surface area contributed by atoms with Gasteiger partial charge in [0.15, 0.2) is 0 Å². The Morgan fingerprint density at radius 2 is 0.936 bits per heavy atom. The van der Waals surface area contributed by atoms with Crippen LogP contribution >= 0.6 is 0 Å². The number of anilines is 3. The molecule has 0 saturated heterocycles. The summed E-state index contributed by atoms with van der Waals surface area (Å²) in [5.41, 5.74) is 17.9. The van der Waals surface area contributed by atoms with Gasteiger partial charge in [-0.25, -0.2) is 0 Å². The minimum atomic E-state index is 0.134. The van der Waals surface area contributed by atoms with Crippen molar-refractivity contribution in [3.63, 3.8) is 0 Å². The van der Waals surface area contributed by atoms with Gasteiger partial charge in [0.05, 0.1) is 0 Å². The van der Waals surface area contributed by atoms with E-state index in [0.717, 1.165) is 29.9 Å². The van der Waals surface area contributed by atoms with Crippen LogP contribution in [-0.2, 0) is 18.3 Å². The second-order valence-electron chi connectivity index (χ2n) is 13.8. The maximum absolute atomic E-state index is 2.39. The van der Waals surface area contributed by atoms with Gasteiger partial charge >= 0.3 is 0 Å². The lowest BCUT2D eigenvalue weighted by molar-refractivity contribution is 0.589. The monoisotopic (exact) mass is 613 g/mol. The smallest absolute Gasteiger partial charge is 0.0462 e. The highest BCUT2D eigenvalue weighted by Crippen LogP contribution is 2.39. The first kappa shape index (κ1) is 32.1. The average molecular weight is 614 g/mol. The standard InChI is InChI=1S/C46H47N/c1-8-34-12-10-11-13-44(34)37-17-24-41(25-18-37)47(40-22-15-36(16-23-40)43-28-14-32(3)30-33(43)4)42-26-19-38(20-27-42)45-29-21-39(46(5,6)7)31-35(45)9-2/h10-31H,8-9H2,1-7H3. The molecular weight excluding hydrogens is 567 g/mol. The van der Waals surface area contributed by atoms with Crippen molar-refractivity contribution in [3.8, 4) is 33.4 Å². The maximum Gasteiger partial charge on any atom is 0.0462 e.